The molecule has 2 atom stereocenters. The molecule has 2 saturated heterocycles. The van der Waals surface area contributed by atoms with Crippen LogP contribution in [0.15, 0.2) is 30.3 Å². The van der Waals surface area contributed by atoms with Gasteiger partial charge in [0.2, 0.25) is 5.91 Å². The summed E-state index contributed by atoms with van der Waals surface area (Å²) in [6.07, 6.45) is 2.80. The Morgan fingerprint density at radius 3 is 2.54 bits per heavy atom. The summed E-state index contributed by atoms with van der Waals surface area (Å²) in [7, 11) is 1.73. The Morgan fingerprint density at radius 1 is 1.17 bits per heavy atom. The van der Waals surface area contributed by atoms with Gasteiger partial charge in [0.05, 0.1) is 18.8 Å². The minimum Gasteiger partial charge on any atom is -0.383 e. The molecule has 0 saturated carbocycles. The van der Waals surface area contributed by atoms with E-state index in [0.717, 1.165) is 52.2 Å². The Balaban J connectivity index is 1.42. The fraction of sp³-hybridized carbons (Fsp3) is 0.632. The van der Waals surface area contributed by atoms with Crippen molar-refractivity contribution in [2.24, 2.45) is 0 Å². The van der Waals surface area contributed by atoms with E-state index in [1.165, 1.54) is 5.56 Å². The number of benzene rings is 1. The van der Waals surface area contributed by atoms with Gasteiger partial charge in [-0.3, -0.25) is 9.69 Å². The first kappa shape index (κ1) is 17.4. The molecule has 5 heteroatoms. The summed E-state index contributed by atoms with van der Waals surface area (Å²) in [6.45, 7) is 4.94. The largest absolute Gasteiger partial charge is 0.383 e. The van der Waals surface area contributed by atoms with Crippen LogP contribution in [0.5, 0.6) is 0 Å². The molecule has 2 bridgehead atoms. The Hall–Kier alpha value is -1.43. The predicted molar refractivity (Wildman–Crippen MR) is 92.9 cm³/mol. The van der Waals surface area contributed by atoms with Crippen LogP contribution in [0.1, 0.15) is 18.4 Å². The lowest BCUT2D eigenvalue weighted by Gasteiger charge is -2.45. The average Bonchev–Trinajstić information content (AvgIpc) is 2.60. The SMILES string of the molecule is COCCN1C[C@@H]2CN(C(=O)CCCc3ccccc3)C[C@H](C1)O2. The van der Waals surface area contributed by atoms with Crippen molar-refractivity contribution in [1.82, 2.24) is 9.80 Å². The van der Waals surface area contributed by atoms with Crippen molar-refractivity contribution in [3.63, 3.8) is 0 Å². The second-order valence-electron chi connectivity index (χ2n) is 6.77. The van der Waals surface area contributed by atoms with E-state index < -0.39 is 0 Å². The molecule has 2 heterocycles. The molecule has 5 nitrogen and oxygen atoms in total. The fourth-order valence-electron chi connectivity index (χ4n) is 3.63. The normalized spacial score (nSPS) is 24.1. The number of morpholine rings is 2. The van der Waals surface area contributed by atoms with Gasteiger partial charge in [-0.25, -0.2) is 0 Å². The molecule has 2 fully saturated rings. The molecule has 1 amide bonds. The molecule has 0 radical (unpaired) electrons. The van der Waals surface area contributed by atoms with Crippen molar-refractivity contribution in [2.75, 3.05) is 46.4 Å². The molecular formula is C19H28N2O3. The van der Waals surface area contributed by atoms with Gasteiger partial charge >= 0.3 is 0 Å². The van der Waals surface area contributed by atoms with Gasteiger partial charge in [-0.2, -0.15) is 0 Å². The van der Waals surface area contributed by atoms with Crippen molar-refractivity contribution in [3.05, 3.63) is 35.9 Å². The number of nitrogens with zero attached hydrogens (tertiary/aromatic N) is 2. The fourth-order valence-corrected chi connectivity index (χ4v) is 3.63. The maximum absolute atomic E-state index is 12.5. The molecule has 0 unspecified atom stereocenters. The predicted octanol–water partition coefficient (Wildman–Crippen LogP) is 1.57. The lowest BCUT2D eigenvalue weighted by Crippen LogP contribution is -2.60. The number of fused-ring (bicyclic) bond motifs is 2. The Kier molecular flexibility index (Phi) is 6.24. The lowest BCUT2D eigenvalue weighted by atomic mass is 10.1. The quantitative estimate of drug-likeness (QED) is 0.760. The van der Waals surface area contributed by atoms with E-state index >= 15 is 0 Å². The highest BCUT2D eigenvalue weighted by Gasteiger charge is 2.36. The van der Waals surface area contributed by atoms with Crippen molar-refractivity contribution in [2.45, 2.75) is 31.5 Å². The minimum atomic E-state index is 0.146. The monoisotopic (exact) mass is 332 g/mol. The van der Waals surface area contributed by atoms with E-state index in [4.69, 9.17) is 9.47 Å². The first-order chi connectivity index (χ1) is 11.7. The first-order valence-electron chi connectivity index (χ1n) is 8.93. The van der Waals surface area contributed by atoms with Crippen LogP contribution in [0, 0.1) is 0 Å². The molecule has 132 valence electrons. The summed E-state index contributed by atoms with van der Waals surface area (Å²) in [6, 6.07) is 10.4. The van der Waals surface area contributed by atoms with Gasteiger partial charge < -0.3 is 14.4 Å². The number of methoxy groups -OCH3 is 1. The standard InChI is InChI=1S/C19H28N2O3/c1-23-11-10-20-12-17-14-21(15-18(13-20)24-17)19(22)9-5-8-16-6-3-2-4-7-16/h2-4,6-7,17-18H,5,8-15H2,1H3/t17-,18+. The van der Waals surface area contributed by atoms with Crippen LogP contribution < -0.4 is 0 Å². The number of aryl methyl sites for hydroxylation is 1. The smallest absolute Gasteiger partial charge is 0.222 e. The number of hydrogen-bond acceptors (Lipinski definition) is 4. The highest BCUT2D eigenvalue weighted by Crippen LogP contribution is 2.20. The molecule has 0 aromatic heterocycles. The third-order valence-electron chi connectivity index (χ3n) is 4.82. The van der Waals surface area contributed by atoms with Gasteiger partial charge in [0.15, 0.2) is 0 Å². The molecule has 0 spiro atoms. The van der Waals surface area contributed by atoms with E-state index in [9.17, 15) is 4.79 Å². The van der Waals surface area contributed by atoms with Crippen molar-refractivity contribution in [3.8, 4) is 0 Å². The molecule has 2 aliphatic heterocycles. The van der Waals surface area contributed by atoms with Crippen LogP contribution >= 0.6 is 0 Å². The second-order valence-corrected chi connectivity index (χ2v) is 6.77. The van der Waals surface area contributed by atoms with Gasteiger partial charge in [-0.05, 0) is 18.4 Å². The van der Waals surface area contributed by atoms with Gasteiger partial charge in [0, 0.05) is 46.3 Å². The van der Waals surface area contributed by atoms with E-state index in [1.807, 2.05) is 11.0 Å². The molecular weight excluding hydrogens is 304 g/mol. The summed E-state index contributed by atoms with van der Waals surface area (Å²) in [5, 5.41) is 0. The van der Waals surface area contributed by atoms with Gasteiger partial charge in [0.1, 0.15) is 0 Å². The van der Waals surface area contributed by atoms with Crippen LogP contribution in [0.25, 0.3) is 0 Å². The van der Waals surface area contributed by atoms with Gasteiger partial charge in [-0.1, -0.05) is 30.3 Å². The zero-order chi connectivity index (χ0) is 16.8. The molecule has 3 rings (SSSR count). The lowest BCUT2D eigenvalue weighted by molar-refractivity contribution is -0.161. The number of carbonyl (C=O) groups is 1. The summed E-state index contributed by atoms with van der Waals surface area (Å²) >= 11 is 0. The van der Waals surface area contributed by atoms with Crippen LogP contribution in [-0.4, -0.2) is 74.4 Å². The van der Waals surface area contributed by atoms with Crippen molar-refractivity contribution in [1.29, 1.82) is 0 Å². The van der Waals surface area contributed by atoms with Crippen LogP contribution in [0.2, 0.25) is 0 Å². The topological polar surface area (TPSA) is 42.0 Å². The summed E-state index contributed by atoms with van der Waals surface area (Å²) < 4.78 is 11.2. The molecule has 0 aliphatic carbocycles. The molecule has 0 N–H and O–H groups in total. The van der Waals surface area contributed by atoms with Crippen molar-refractivity contribution < 1.29 is 14.3 Å². The van der Waals surface area contributed by atoms with Gasteiger partial charge in [-0.15, -0.1) is 0 Å². The van der Waals surface area contributed by atoms with Crippen molar-refractivity contribution >= 4 is 5.91 Å². The number of rotatable bonds is 7. The Morgan fingerprint density at radius 2 is 1.88 bits per heavy atom. The molecule has 2 aliphatic rings. The number of amides is 1. The molecule has 1 aromatic rings. The highest BCUT2D eigenvalue weighted by atomic mass is 16.5. The third kappa shape index (κ3) is 4.79. The zero-order valence-corrected chi connectivity index (χ0v) is 14.5. The number of hydrogen-bond donors (Lipinski definition) is 0. The third-order valence-corrected chi connectivity index (χ3v) is 4.82. The number of carbonyl (C=O) groups excluding carboxylic acids is 1. The maximum atomic E-state index is 12.5. The first-order valence-corrected chi connectivity index (χ1v) is 8.93. The highest BCUT2D eigenvalue weighted by molar-refractivity contribution is 5.76. The Bertz CT molecular complexity index is 509. The van der Waals surface area contributed by atoms with E-state index in [1.54, 1.807) is 7.11 Å². The summed E-state index contributed by atoms with van der Waals surface area (Å²) in [5.41, 5.74) is 1.30. The van der Waals surface area contributed by atoms with E-state index in [0.29, 0.717) is 6.42 Å². The second kappa shape index (κ2) is 8.60. The average molecular weight is 332 g/mol. The van der Waals surface area contributed by atoms with E-state index in [2.05, 4.69) is 29.2 Å². The van der Waals surface area contributed by atoms with Crippen LogP contribution in [-0.2, 0) is 20.7 Å². The molecule has 24 heavy (non-hydrogen) atoms. The van der Waals surface area contributed by atoms with Crippen LogP contribution in [0.4, 0.5) is 0 Å². The van der Waals surface area contributed by atoms with Gasteiger partial charge in [0.25, 0.3) is 0 Å². The van der Waals surface area contributed by atoms with E-state index in [-0.39, 0.29) is 18.1 Å². The minimum absolute atomic E-state index is 0.146. The summed E-state index contributed by atoms with van der Waals surface area (Å²) in [4.78, 5) is 16.9. The summed E-state index contributed by atoms with van der Waals surface area (Å²) in [5.74, 6) is 0.273. The van der Waals surface area contributed by atoms with Crippen LogP contribution in [0.3, 0.4) is 0 Å². The number of ether oxygens (including phenoxy) is 2. The zero-order valence-electron chi connectivity index (χ0n) is 14.5. The maximum Gasteiger partial charge on any atom is 0.222 e. The Labute approximate surface area is 144 Å². The molecule has 1 aromatic carbocycles.